The van der Waals surface area contributed by atoms with Gasteiger partial charge in [-0.3, -0.25) is 0 Å². The Hall–Kier alpha value is -3.85. The molecule has 0 aliphatic carbocycles. The second kappa shape index (κ2) is 16.9. The predicted molar refractivity (Wildman–Crippen MR) is 177 cm³/mol. The number of carbonyl (C=O) groups is 2. The number of aryl methyl sites for hydroxylation is 2. The van der Waals surface area contributed by atoms with E-state index in [9.17, 15) is 9.59 Å². The molecule has 0 saturated carbocycles. The minimum Gasteiger partial charge on any atom is -0.480 e. The highest BCUT2D eigenvalue weighted by atomic mass is 35.5. The third-order valence-corrected chi connectivity index (χ3v) is 8.30. The number of anilines is 1. The van der Waals surface area contributed by atoms with Gasteiger partial charge in [0.2, 0.25) is 0 Å². The topological polar surface area (TPSA) is 105 Å². The molecule has 4 aromatic rings. The fourth-order valence-electron chi connectivity index (χ4n) is 4.41. The number of hydrogen-bond acceptors (Lipinski definition) is 6. The fourth-order valence-corrected chi connectivity index (χ4v) is 5.84. The molecule has 230 valence electrons. The summed E-state index contributed by atoms with van der Waals surface area (Å²) >= 11 is 14.1. The fraction of sp³-hybridized carbons (Fsp3) is 0.235. The molecule has 0 saturated heterocycles. The van der Waals surface area contributed by atoms with Gasteiger partial charge in [-0.1, -0.05) is 71.7 Å². The monoisotopic (exact) mass is 653 g/mol. The lowest BCUT2D eigenvalue weighted by atomic mass is 10.00. The van der Waals surface area contributed by atoms with Crippen LogP contribution in [0.3, 0.4) is 0 Å². The lowest BCUT2D eigenvalue weighted by Gasteiger charge is -2.10. The molecule has 0 spiro atoms. The van der Waals surface area contributed by atoms with E-state index in [0.29, 0.717) is 21.5 Å². The Balaban J connectivity index is 1.16. The van der Waals surface area contributed by atoms with Gasteiger partial charge in [0.1, 0.15) is 11.5 Å². The second-order valence-corrected chi connectivity index (χ2v) is 12.0. The Labute approximate surface area is 271 Å². The van der Waals surface area contributed by atoms with Crippen molar-refractivity contribution in [1.82, 2.24) is 0 Å². The van der Waals surface area contributed by atoms with Crippen molar-refractivity contribution in [3.63, 3.8) is 0 Å². The van der Waals surface area contributed by atoms with Crippen molar-refractivity contribution in [3.8, 4) is 22.6 Å². The molecule has 7 nitrogen and oxygen atoms in total. The van der Waals surface area contributed by atoms with Crippen LogP contribution >= 0.6 is 35.0 Å². The van der Waals surface area contributed by atoms with Crippen LogP contribution in [0.15, 0.2) is 89.8 Å². The molecule has 0 aliphatic rings. The maximum Gasteiger partial charge on any atom is 0.341 e. The highest BCUT2D eigenvalue weighted by Gasteiger charge is 2.08. The van der Waals surface area contributed by atoms with Crippen LogP contribution in [0, 0.1) is 0 Å². The number of ether oxygens (including phenoxy) is 2. The molecular weight excluding hydrogens is 621 g/mol. The standard InChI is InChI=1S/C34H33Cl2NO6S/c35-29-19-27(13-15-31(29)42-21-33(38)39)37-17-1-3-23-5-9-25(10-6-23)26-11-7-24(8-12-26)4-2-18-44-28-14-16-32(30(36)20-28)43-22-34(40)41/h5-16,19-20,37H,1-4,17-18,21-22H2,(H,38,39)(H,40,41). The van der Waals surface area contributed by atoms with Crippen molar-refractivity contribution in [3.05, 3.63) is 106 Å². The molecule has 0 amide bonds. The number of thioether (sulfide) groups is 1. The SMILES string of the molecule is O=C(O)COc1ccc(NCCCc2ccc(-c3ccc(CCCSc4ccc(OCC(=O)O)c(Cl)c4)cc3)cc2)cc1Cl. The van der Waals surface area contributed by atoms with Crippen LogP contribution in [0.1, 0.15) is 24.0 Å². The largest absolute Gasteiger partial charge is 0.480 e. The normalized spacial score (nSPS) is 10.8. The van der Waals surface area contributed by atoms with Gasteiger partial charge in [0.25, 0.3) is 0 Å². The minimum atomic E-state index is -1.05. The first kappa shape index (κ1) is 33.1. The zero-order chi connectivity index (χ0) is 31.3. The van der Waals surface area contributed by atoms with E-state index in [0.717, 1.165) is 48.6 Å². The third-order valence-electron chi connectivity index (χ3n) is 6.63. The average Bonchev–Trinajstić information content (AvgIpc) is 3.01. The predicted octanol–water partition coefficient (Wildman–Crippen LogP) is 8.36. The van der Waals surface area contributed by atoms with Gasteiger partial charge in [-0.15, -0.1) is 11.8 Å². The van der Waals surface area contributed by atoms with Crippen LogP contribution in [0.4, 0.5) is 5.69 Å². The number of aliphatic carboxylic acids is 2. The van der Waals surface area contributed by atoms with Gasteiger partial charge in [0, 0.05) is 17.1 Å². The Morgan fingerprint density at radius 1 is 0.682 bits per heavy atom. The molecular formula is C34H33Cl2NO6S. The van der Waals surface area contributed by atoms with Crippen molar-refractivity contribution < 1.29 is 29.3 Å². The summed E-state index contributed by atoms with van der Waals surface area (Å²) in [6.45, 7) is -0.0693. The van der Waals surface area contributed by atoms with E-state index in [1.165, 1.54) is 22.3 Å². The lowest BCUT2D eigenvalue weighted by Crippen LogP contribution is -2.09. The third kappa shape index (κ3) is 10.7. The molecule has 0 unspecified atom stereocenters. The van der Waals surface area contributed by atoms with Crippen molar-refractivity contribution in [2.24, 2.45) is 0 Å². The Kier molecular flexibility index (Phi) is 12.7. The first-order chi connectivity index (χ1) is 21.3. The van der Waals surface area contributed by atoms with Gasteiger partial charge in [-0.2, -0.15) is 0 Å². The summed E-state index contributed by atoms with van der Waals surface area (Å²) in [5.74, 6) is -0.423. The molecule has 0 atom stereocenters. The number of carboxylic acid groups (broad SMARTS) is 2. The van der Waals surface area contributed by atoms with Gasteiger partial charge >= 0.3 is 11.9 Å². The van der Waals surface area contributed by atoms with Crippen LogP contribution in [-0.2, 0) is 22.4 Å². The molecule has 0 aromatic heterocycles. The zero-order valence-electron chi connectivity index (χ0n) is 23.9. The van der Waals surface area contributed by atoms with Crippen molar-refractivity contribution in [1.29, 1.82) is 0 Å². The molecule has 0 fully saturated rings. The van der Waals surface area contributed by atoms with Crippen LogP contribution in [0.25, 0.3) is 11.1 Å². The van der Waals surface area contributed by atoms with Crippen LogP contribution in [0.5, 0.6) is 11.5 Å². The van der Waals surface area contributed by atoms with E-state index in [4.69, 9.17) is 42.9 Å². The minimum absolute atomic E-state index is 0.350. The maximum atomic E-state index is 10.7. The van der Waals surface area contributed by atoms with E-state index in [-0.39, 0.29) is 0 Å². The molecule has 0 bridgehead atoms. The second-order valence-electron chi connectivity index (χ2n) is 9.98. The highest BCUT2D eigenvalue weighted by Crippen LogP contribution is 2.31. The molecule has 10 heteroatoms. The molecule has 3 N–H and O–H groups in total. The van der Waals surface area contributed by atoms with E-state index in [1.54, 1.807) is 36.0 Å². The maximum absolute atomic E-state index is 10.7. The Morgan fingerprint density at radius 2 is 1.20 bits per heavy atom. The highest BCUT2D eigenvalue weighted by molar-refractivity contribution is 7.99. The van der Waals surface area contributed by atoms with E-state index in [2.05, 4.69) is 53.8 Å². The summed E-state index contributed by atoms with van der Waals surface area (Å²) in [6, 6.07) is 28.0. The van der Waals surface area contributed by atoms with Crippen LogP contribution in [0.2, 0.25) is 10.0 Å². The average molecular weight is 655 g/mol. The number of carboxylic acids is 2. The molecule has 44 heavy (non-hydrogen) atoms. The molecule has 0 heterocycles. The molecule has 4 aromatic carbocycles. The summed E-state index contributed by atoms with van der Waals surface area (Å²) < 4.78 is 10.3. The summed E-state index contributed by atoms with van der Waals surface area (Å²) in [5.41, 5.74) is 5.78. The van der Waals surface area contributed by atoms with Crippen LogP contribution in [-0.4, -0.2) is 47.7 Å². The number of benzene rings is 4. The van der Waals surface area contributed by atoms with Gasteiger partial charge < -0.3 is 25.0 Å². The number of halogens is 2. The van der Waals surface area contributed by atoms with E-state index >= 15 is 0 Å². The van der Waals surface area contributed by atoms with E-state index < -0.39 is 25.2 Å². The number of rotatable bonds is 17. The molecule has 0 radical (unpaired) electrons. The lowest BCUT2D eigenvalue weighted by molar-refractivity contribution is -0.140. The Morgan fingerprint density at radius 3 is 1.73 bits per heavy atom. The first-order valence-corrected chi connectivity index (χ1v) is 15.8. The molecule has 0 aliphatic heterocycles. The van der Waals surface area contributed by atoms with Gasteiger partial charge in [-0.25, -0.2) is 9.59 Å². The van der Waals surface area contributed by atoms with Crippen molar-refractivity contribution >= 4 is 52.6 Å². The summed E-state index contributed by atoms with van der Waals surface area (Å²) in [7, 11) is 0. The summed E-state index contributed by atoms with van der Waals surface area (Å²) in [6.07, 6.45) is 3.87. The van der Waals surface area contributed by atoms with Crippen molar-refractivity contribution in [2.75, 3.05) is 30.8 Å². The summed E-state index contributed by atoms with van der Waals surface area (Å²) in [4.78, 5) is 22.4. The Bertz CT molecular complexity index is 1430. The van der Waals surface area contributed by atoms with Crippen LogP contribution < -0.4 is 14.8 Å². The quantitative estimate of drug-likeness (QED) is 0.0771. The smallest absolute Gasteiger partial charge is 0.341 e. The summed E-state index contributed by atoms with van der Waals surface area (Å²) in [5, 5.41) is 21.6. The first-order valence-electron chi connectivity index (χ1n) is 14.1. The number of hydrogen-bond donors (Lipinski definition) is 3. The van der Waals surface area contributed by atoms with Gasteiger partial charge in [-0.05, 0) is 90.1 Å². The van der Waals surface area contributed by atoms with Crippen molar-refractivity contribution in [2.45, 2.75) is 30.6 Å². The molecule has 4 rings (SSSR count). The number of nitrogens with one attached hydrogen (secondary N) is 1. The zero-order valence-corrected chi connectivity index (χ0v) is 26.3. The van der Waals surface area contributed by atoms with Gasteiger partial charge in [0.05, 0.1) is 10.0 Å². The van der Waals surface area contributed by atoms with Gasteiger partial charge in [0.15, 0.2) is 13.2 Å². The van der Waals surface area contributed by atoms with E-state index in [1.807, 2.05) is 12.1 Å².